The van der Waals surface area contributed by atoms with Crippen molar-refractivity contribution in [3.8, 4) is 0 Å². The second kappa shape index (κ2) is 7.54. The van der Waals surface area contributed by atoms with Crippen LogP contribution in [0.15, 0.2) is 53.0 Å². The molecular weight excluding hydrogens is 410 g/mol. The highest BCUT2D eigenvalue weighted by Crippen LogP contribution is 2.32. The first-order valence-electron chi connectivity index (χ1n) is 9.04. The maximum atomic E-state index is 13.1. The van der Waals surface area contributed by atoms with Gasteiger partial charge in [0.1, 0.15) is 0 Å². The van der Waals surface area contributed by atoms with E-state index in [9.17, 15) is 9.59 Å². The van der Waals surface area contributed by atoms with Gasteiger partial charge >= 0.3 is 0 Å². The smallest absolute Gasteiger partial charge is 0.254 e. The highest BCUT2D eigenvalue weighted by molar-refractivity contribution is 9.10. The molecule has 0 N–H and O–H groups in total. The summed E-state index contributed by atoms with van der Waals surface area (Å²) in [5, 5.41) is 0. The maximum Gasteiger partial charge on any atom is 0.254 e. The molecule has 27 heavy (non-hydrogen) atoms. The van der Waals surface area contributed by atoms with E-state index in [0.717, 1.165) is 4.47 Å². The summed E-state index contributed by atoms with van der Waals surface area (Å²) in [5.74, 6) is -0.796. The first-order valence-corrected chi connectivity index (χ1v) is 9.84. The third-order valence-corrected chi connectivity index (χ3v) is 5.66. The highest BCUT2D eigenvalue weighted by Gasteiger charge is 2.41. The second-order valence-corrected chi connectivity index (χ2v) is 7.70. The zero-order valence-electron chi connectivity index (χ0n) is 14.8. The van der Waals surface area contributed by atoms with Crippen LogP contribution in [0.25, 0.3) is 0 Å². The minimum absolute atomic E-state index is 0.121. The van der Waals surface area contributed by atoms with Crippen molar-refractivity contribution in [1.82, 2.24) is 4.90 Å². The summed E-state index contributed by atoms with van der Waals surface area (Å²) in [4.78, 5) is 27.8. The summed E-state index contributed by atoms with van der Waals surface area (Å²) in [6.45, 7) is 2.33. The van der Waals surface area contributed by atoms with Crippen LogP contribution in [-0.4, -0.2) is 48.7 Å². The molecule has 4 rings (SSSR count). The number of hydrogen-bond donors (Lipinski definition) is 0. The van der Waals surface area contributed by atoms with Crippen molar-refractivity contribution in [2.75, 3.05) is 26.3 Å². The van der Waals surface area contributed by atoms with E-state index in [2.05, 4.69) is 15.9 Å². The fourth-order valence-electron chi connectivity index (χ4n) is 3.63. The Hall–Kier alpha value is -2.02. The number of ketones is 1. The minimum atomic E-state index is -0.524. The maximum absolute atomic E-state index is 13.1. The number of carbonyl (C=O) groups is 2. The molecule has 5 nitrogen and oxygen atoms in total. The fourth-order valence-corrected chi connectivity index (χ4v) is 3.90. The largest absolute Gasteiger partial charge is 0.347 e. The van der Waals surface area contributed by atoms with Crippen LogP contribution in [0.1, 0.15) is 39.1 Å². The van der Waals surface area contributed by atoms with Crippen molar-refractivity contribution in [3.63, 3.8) is 0 Å². The molecule has 0 unspecified atom stereocenters. The van der Waals surface area contributed by atoms with Crippen LogP contribution in [0.3, 0.4) is 0 Å². The zero-order valence-corrected chi connectivity index (χ0v) is 16.4. The van der Waals surface area contributed by atoms with Gasteiger partial charge in [-0.2, -0.15) is 0 Å². The standard InChI is InChI=1S/C21H20BrNO4/c22-16-7-5-15(6-8-16)19(24)17-3-1-2-4-18(17)20(25)23-11-9-21(10-12-23)26-13-14-27-21/h1-8H,9-14H2. The van der Waals surface area contributed by atoms with Gasteiger partial charge in [-0.1, -0.05) is 34.1 Å². The van der Waals surface area contributed by atoms with Gasteiger partial charge in [0.05, 0.1) is 18.8 Å². The van der Waals surface area contributed by atoms with Gasteiger partial charge in [0.15, 0.2) is 11.6 Å². The van der Waals surface area contributed by atoms with E-state index in [0.29, 0.717) is 55.8 Å². The van der Waals surface area contributed by atoms with Crippen LogP contribution in [-0.2, 0) is 9.47 Å². The Balaban J connectivity index is 1.55. The molecule has 2 fully saturated rings. The first-order chi connectivity index (χ1) is 13.1. The van der Waals surface area contributed by atoms with Crippen LogP contribution in [0.2, 0.25) is 0 Å². The molecule has 2 aromatic rings. The normalized spacial score (nSPS) is 18.6. The van der Waals surface area contributed by atoms with Crippen molar-refractivity contribution in [2.45, 2.75) is 18.6 Å². The number of nitrogens with zero attached hydrogens (tertiary/aromatic N) is 1. The predicted molar refractivity (Wildman–Crippen MR) is 104 cm³/mol. The summed E-state index contributed by atoms with van der Waals surface area (Å²) in [6.07, 6.45) is 1.31. The molecule has 0 radical (unpaired) electrons. The van der Waals surface area contributed by atoms with E-state index >= 15 is 0 Å². The third kappa shape index (κ3) is 3.70. The first kappa shape index (κ1) is 18.3. The van der Waals surface area contributed by atoms with Crippen LogP contribution in [0, 0.1) is 0 Å². The summed E-state index contributed by atoms with van der Waals surface area (Å²) < 4.78 is 12.4. The van der Waals surface area contributed by atoms with Crippen LogP contribution >= 0.6 is 15.9 Å². The molecule has 0 aromatic heterocycles. The lowest BCUT2D eigenvalue weighted by Crippen LogP contribution is -2.47. The molecule has 0 saturated carbocycles. The van der Waals surface area contributed by atoms with E-state index in [4.69, 9.17) is 9.47 Å². The molecule has 0 bridgehead atoms. The average molecular weight is 430 g/mol. The van der Waals surface area contributed by atoms with E-state index < -0.39 is 5.79 Å². The SMILES string of the molecule is O=C(c1ccc(Br)cc1)c1ccccc1C(=O)N1CCC2(CC1)OCCO2. The molecule has 0 aliphatic carbocycles. The van der Waals surface area contributed by atoms with E-state index in [1.54, 1.807) is 41.3 Å². The lowest BCUT2D eigenvalue weighted by molar-refractivity contribution is -0.181. The Labute approximate surface area is 166 Å². The van der Waals surface area contributed by atoms with Crippen LogP contribution in [0.4, 0.5) is 0 Å². The molecule has 1 amide bonds. The van der Waals surface area contributed by atoms with Gasteiger partial charge in [-0.15, -0.1) is 0 Å². The van der Waals surface area contributed by atoms with Crippen molar-refractivity contribution < 1.29 is 19.1 Å². The number of rotatable bonds is 3. The molecular formula is C21H20BrNO4. The molecule has 0 atom stereocenters. The molecule has 6 heteroatoms. The third-order valence-electron chi connectivity index (χ3n) is 5.13. The summed E-state index contributed by atoms with van der Waals surface area (Å²) in [5.41, 5.74) is 1.43. The van der Waals surface area contributed by atoms with E-state index in [1.807, 2.05) is 12.1 Å². The summed E-state index contributed by atoms with van der Waals surface area (Å²) in [6, 6.07) is 14.2. The van der Waals surface area contributed by atoms with Gasteiger partial charge in [0.25, 0.3) is 5.91 Å². The number of amides is 1. The minimum Gasteiger partial charge on any atom is -0.347 e. The van der Waals surface area contributed by atoms with E-state index in [-0.39, 0.29) is 11.7 Å². The lowest BCUT2D eigenvalue weighted by Gasteiger charge is -2.37. The fraction of sp³-hybridized carbons (Fsp3) is 0.333. The van der Waals surface area contributed by atoms with Gasteiger partial charge in [-0.05, 0) is 30.3 Å². The van der Waals surface area contributed by atoms with Gasteiger partial charge in [0, 0.05) is 41.5 Å². The quantitative estimate of drug-likeness (QED) is 0.698. The molecule has 2 aliphatic heterocycles. The zero-order chi connectivity index (χ0) is 18.9. The molecule has 140 valence electrons. The Kier molecular flexibility index (Phi) is 5.12. The monoisotopic (exact) mass is 429 g/mol. The van der Waals surface area contributed by atoms with Crippen molar-refractivity contribution in [2.24, 2.45) is 0 Å². The number of piperidine rings is 1. The molecule has 2 saturated heterocycles. The van der Waals surface area contributed by atoms with Gasteiger partial charge in [0.2, 0.25) is 0 Å². The molecule has 2 aliphatic rings. The number of halogens is 1. The van der Waals surface area contributed by atoms with Crippen molar-refractivity contribution in [3.05, 3.63) is 69.7 Å². The lowest BCUT2D eigenvalue weighted by atomic mass is 9.96. The van der Waals surface area contributed by atoms with Gasteiger partial charge < -0.3 is 14.4 Å². The Morgan fingerprint density at radius 3 is 2.11 bits per heavy atom. The topological polar surface area (TPSA) is 55.8 Å². The number of benzene rings is 2. The molecule has 2 aromatic carbocycles. The van der Waals surface area contributed by atoms with Crippen LogP contribution < -0.4 is 0 Å². The number of likely N-dealkylation sites (tertiary alicyclic amines) is 1. The van der Waals surface area contributed by atoms with E-state index in [1.165, 1.54) is 0 Å². The number of carbonyl (C=O) groups excluding carboxylic acids is 2. The summed E-state index contributed by atoms with van der Waals surface area (Å²) in [7, 11) is 0. The molecule has 2 heterocycles. The number of ether oxygens (including phenoxy) is 2. The highest BCUT2D eigenvalue weighted by atomic mass is 79.9. The summed E-state index contributed by atoms with van der Waals surface area (Å²) >= 11 is 3.37. The second-order valence-electron chi connectivity index (χ2n) is 6.78. The predicted octanol–water partition coefficient (Wildman–Crippen LogP) is 3.66. The Morgan fingerprint density at radius 1 is 0.889 bits per heavy atom. The number of hydrogen-bond acceptors (Lipinski definition) is 4. The van der Waals surface area contributed by atoms with Crippen molar-refractivity contribution in [1.29, 1.82) is 0 Å². The van der Waals surface area contributed by atoms with Crippen molar-refractivity contribution >= 4 is 27.6 Å². The Bertz CT molecular complexity index is 849. The van der Waals surface area contributed by atoms with Crippen LogP contribution in [0.5, 0.6) is 0 Å². The molecule has 1 spiro atoms. The van der Waals surface area contributed by atoms with Gasteiger partial charge in [-0.25, -0.2) is 0 Å². The van der Waals surface area contributed by atoms with Gasteiger partial charge in [-0.3, -0.25) is 9.59 Å². The Morgan fingerprint density at radius 2 is 1.48 bits per heavy atom. The average Bonchev–Trinajstić information content (AvgIpc) is 3.16.